The van der Waals surface area contributed by atoms with Gasteiger partial charge in [0.1, 0.15) is 5.82 Å². The summed E-state index contributed by atoms with van der Waals surface area (Å²) in [4.78, 5) is 36.0. The van der Waals surface area contributed by atoms with E-state index < -0.39 is 23.5 Å². The Morgan fingerprint density at radius 1 is 1.38 bits per heavy atom. The summed E-state index contributed by atoms with van der Waals surface area (Å²) in [6.45, 7) is 3.26. The number of carboxylic acid groups (broad SMARTS) is 1. The Hall–Kier alpha value is -2.50. The number of carbonyl (C=O) groups is 3. The summed E-state index contributed by atoms with van der Waals surface area (Å²) in [7, 11) is 0. The number of nitrogens with zero attached hydrogens (tertiary/aromatic N) is 1. The van der Waals surface area contributed by atoms with Gasteiger partial charge in [0.2, 0.25) is 0 Å². The van der Waals surface area contributed by atoms with Crippen molar-refractivity contribution in [2.75, 3.05) is 11.4 Å². The Balaban J connectivity index is 2.42. The van der Waals surface area contributed by atoms with E-state index in [4.69, 9.17) is 5.11 Å². The first-order chi connectivity index (χ1) is 9.86. The third-order valence-corrected chi connectivity index (χ3v) is 3.40. The normalized spacial score (nSPS) is 14.6. The molecule has 2 rings (SSSR count). The summed E-state index contributed by atoms with van der Waals surface area (Å²) in [5.41, 5.74) is 0.997. The number of halogens is 1. The molecular formula is C15H14FNO4. The molecule has 0 fully saturated rings. The number of anilines is 1. The van der Waals surface area contributed by atoms with E-state index in [0.29, 0.717) is 17.7 Å². The number of benzene rings is 1. The van der Waals surface area contributed by atoms with Crippen LogP contribution in [0.25, 0.3) is 0 Å². The molecule has 0 unspecified atom stereocenters. The highest BCUT2D eigenvalue weighted by Crippen LogP contribution is 2.33. The maximum absolute atomic E-state index is 13.4. The molecule has 110 valence electrons. The third kappa shape index (κ3) is 2.56. The van der Waals surface area contributed by atoms with Crippen molar-refractivity contribution < 1.29 is 23.9 Å². The average molecular weight is 291 g/mol. The summed E-state index contributed by atoms with van der Waals surface area (Å²) in [6, 6.07) is 2.27. The lowest BCUT2D eigenvalue weighted by Gasteiger charge is -2.17. The first-order valence-electron chi connectivity index (χ1n) is 6.45. The zero-order valence-electron chi connectivity index (χ0n) is 11.6. The van der Waals surface area contributed by atoms with E-state index >= 15 is 0 Å². The maximum Gasteiger partial charge on any atom is 0.331 e. The number of carboxylic acids is 1. The van der Waals surface area contributed by atoms with Crippen LogP contribution in [-0.2, 0) is 9.59 Å². The van der Waals surface area contributed by atoms with E-state index in [1.165, 1.54) is 17.0 Å². The molecule has 1 amide bonds. The molecule has 0 saturated heterocycles. The van der Waals surface area contributed by atoms with E-state index in [1.54, 1.807) is 13.8 Å². The summed E-state index contributed by atoms with van der Waals surface area (Å²) in [6.07, 6.45) is 1.70. The fraction of sp³-hybridized carbons (Fsp3) is 0.267. The minimum absolute atomic E-state index is 0.0271. The van der Waals surface area contributed by atoms with Gasteiger partial charge in [-0.3, -0.25) is 9.59 Å². The van der Waals surface area contributed by atoms with E-state index in [-0.39, 0.29) is 17.7 Å². The standard InChI is InChI=1S/C15H14FNO4/c1-3-9(15(20)21)4-5-17-12-8(2)6-10(16)7-11(12)13(18)14(17)19/h4,6-7H,3,5H2,1-2H3,(H,20,21)/b9-4-. The number of carbonyl (C=O) groups excluding carboxylic acids is 2. The fourth-order valence-corrected chi connectivity index (χ4v) is 2.36. The molecule has 0 spiro atoms. The molecular weight excluding hydrogens is 277 g/mol. The summed E-state index contributed by atoms with van der Waals surface area (Å²) < 4.78 is 13.4. The van der Waals surface area contributed by atoms with Crippen LogP contribution in [0.5, 0.6) is 0 Å². The van der Waals surface area contributed by atoms with Crippen LogP contribution in [0.15, 0.2) is 23.8 Å². The number of hydrogen-bond acceptors (Lipinski definition) is 3. The smallest absolute Gasteiger partial charge is 0.331 e. The van der Waals surface area contributed by atoms with Gasteiger partial charge in [0.15, 0.2) is 0 Å². The number of rotatable bonds is 4. The number of fused-ring (bicyclic) bond motifs is 1. The molecule has 0 saturated carbocycles. The molecule has 0 aromatic heterocycles. The molecule has 6 heteroatoms. The maximum atomic E-state index is 13.4. The Kier molecular flexibility index (Phi) is 3.88. The predicted octanol–water partition coefficient (Wildman–Crippen LogP) is 2.08. The Morgan fingerprint density at radius 3 is 2.62 bits per heavy atom. The quantitative estimate of drug-likeness (QED) is 0.681. The van der Waals surface area contributed by atoms with Crippen molar-refractivity contribution in [1.82, 2.24) is 0 Å². The molecule has 5 nitrogen and oxygen atoms in total. The Labute approximate surface area is 120 Å². The summed E-state index contributed by atoms with van der Waals surface area (Å²) in [5, 5.41) is 8.96. The van der Waals surface area contributed by atoms with Crippen molar-refractivity contribution in [2.24, 2.45) is 0 Å². The van der Waals surface area contributed by atoms with Crippen LogP contribution in [0.1, 0.15) is 29.3 Å². The molecule has 0 atom stereocenters. The molecule has 1 heterocycles. The molecule has 0 radical (unpaired) electrons. The number of hydrogen-bond donors (Lipinski definition) is 1. The first kappa shape index (κ1) is 14.9. The Bertz CT molecular complexity index is 678. The van der Waals surface area contributed by atoms with Crippen LogP contribution in [0, 0.1) is 12.7 Å². The zero-order valence-corrected chi connectivity index (χ0v) is 11.6. The van der Waals surface area contributed by atoms with Crippen molar-refractivity contribution in [1.29, 1.82) is 0 Å². The molecule has 1 N–H and O–H groups in total. The highest BCUT2D eigenvalue weighted by molar-refractivity contribution is 6.52. The zero-order chi connectivity index (χ0) is 15.7. The van der Waals surface area contributed by atoms with Crippen LogP contribution in [0.2, 0.25) is 0 Å². The second-order valence-electron chi connectivity index (χ2n) is 4.75. The number of Topliss-reactive ketones (excluding diaryl/α,β-unsaturated/α-hetero) is 1. The van der Waals surface area contributed by atoms with Gasteiger partial charge in [-0.05, 0) is 31.0 Å². The van der Waals surface area contributed by atoms with Gasteiger partial charge in [-0.25, -0.2) is 9.18 Å². The lowest BCUT2D eigenvalue weighted by Crippen LogP contribution is -2.30. The summed E-state index contributed by atoms with van der Waals surface area (Å²) >= 11 is 0. The minimum Gasteiger partial charge on any atom is -0.478 e. The number of aryl methyl sites for hydroxylation is 1. The van der Waals surface area contributed by atoms with Gasteiger partial charge < -0.3 is 10.0 Å². The second-order valence-corrected chi connectivity index (χ2v) is 4.75. The molecule has 1 aromatic carbocycles. The van der Waals surface area contributed by atoms with Crippen LogP contribution in [-0.4, -0.2) is 29.3 Å². The van der Waals surface area contributed by atoms with Crippen molar-refractivity contribution in [3.63, 3.8) is 0 Å². The average Bonchev–Trinajstić information content (AvgIpc) is 2.64. The molecule has 0 bridgehead atoms. The van der Waals surface area contributed by atoms with Gasteiger partial charge in [-0.1, -0.05) is 13.0 Å². The van der Waals surface area contributed by atoms with Gasteiger partial charge >= 0.3 is 5.97 Å². The SMILES string of the molecule is CC/C(=C/CN1C(=O)C(=O)c2cc(F)cc(C)c21)C(=O)O. The van der Waals surface area contributed by atoms with Crippen molar-refractivity contribution in [3.05, 3.63) is 40.7 Å². The topological polar surface area (TPSA) is 74.7 Å². The monoisotopic (exact) mass is 291 g/mol. The van der Waals surface area contributed by atoms with Crippen LogP contribution in [0.4, 0.5) is 10.1 Å². The molecule has 1 aliphatic rings. The molecule has 21 heavy (non-hydrogen) atoms. The highest BCUT2D eigenvalue weighted by atomic mass is 19.1. The predicted molar refractivity (Wildman–Crippen MR) is 73.8 cm³/mol. The Morgan fingerprint density at radius 2 is 2.05 bits per heavy atom. The van der Waals surface area contributed by atoms with E-state index in [1.807, 2.05) is 0 Å². The largest absolute Gasteiger partial charge is 0.478 e. The molecule has 0 aliphatic carbocycles. The van der Waals surface area contributed by atoms with Crippen molar-refractivity contribution in [3.8, 4) is 0 Å². The van der Waals surface area contributed by atoms with E-state index in [9.17, 15) is 18.8 Å². The van der Waals surface area contributed by atoms with Crippen molar-refractivity contribution >= 4 is 23.3 Å². The summed E-state index contributed by atoms with van der Waals surface area (Å²) in [5.74, 6) is -3.18. The highest BCUT2D eigenvalue weighted by Gasteiger charge is 2.36. The fourth-order valence-electron chi connectivity index (χ4n) is 2.36. The van der Waals surface area contributed by atoms with E-state index in [2.05, 4.69) is 0 Å². The lowest BCUT2D eigenvalue weighted by molar-refractivity contribution is -0.132. The third-order valence-electron chi connectivity index (χ3n) is 3.40. The van der Waals surface area contributed by atoms with Crippen LogP contribution < -0.4 is 4.90 Å². The van der Waals surface area contributed by atoms with Gasteiger partial charge in [-0.2, -0.15) is 0 Å². The first-order valence-corrected chi connectivity index (χ1v) is 6.45. The molecule has 1 aromatic rings. The number of ketones is 1. The van der Waals surface area contributed by atoms with Crippen molar-refractivity contribution in [2.45, 2.75) is 20.3 Å². The van der Waals surface area contributed by atoms with E-state index in [0.717, 1.165) is 6.07 Å². The second kappa shape index (κ2) is 5.47. The number of aliphatic carboxylic acids is 1. The number of amides is 1. The van der Waals surface area contributed by atoms with Gasteiger partial charge in [-0.15, -0.1) is 0 Å². The van der Waals surface area contributed by atoms with Crippen LogP contribution >= 0.6 is 0 Å². The van der Waals surface area contributed by atoms with Crippen LogP contribution in [0.3, 0.4) is 0 Å². The van der Waals surface area contributed by atoms with Gasteiger partial charge in [0.05, 0.1) is 11.3 Å². The molecule has 1 aliphatic heterocycles. The van der Waals surface area contributed by atoms with Gasteiger partial charge in [0, 0.05) is 12.1 Å². The lowest BCUT2D eigenvalue weighted by atomic mass is 10.1. The minimum atomic E-state index is -1.06. The van der Waals surface area contributed by atoms with Gasteiger partial charge in [0.25, 0.3) is 11.7 Å².